The Morgan fingerprint density at radius 1 is 1.08 bits per heavy atom. The summed E-state index contributed by atoms with van der Waals surface area (Å²) in [5, 5.41) is 13.5. The number of ether oxygens (including phenoxy) is 1. The van der Waals surface area contributed by atoms with Crippen LogP contribution in [0.3, 0.4) is 0 Å². The summed E-state index contributed by atoms with van der Waals surface area (Å²) in [7, 11) is 1.64. The number of benzene rings is 2. The maximum absolute atomic E-state index is 13.6. The molecule has 0 aliphatic rings. The average molecular weight is 485 g/mol. The molecule has 36 heavy (non-hydrogen) atoms. The van der Waals surface area contributed by atoms with Gasteiger partial charge >= 0.3 is 0 Å². The summed E-state index contributed by atoms with van der Waals surface area (Å²) in [6, 6.07) is 21.3. The fourth-order valence-electron chi connectivity index (χ4n) is 4.44. The summed E-state index contributed by atoms with van der Waals surface area (Å²) < 4.78 is 12.7. The molecule has 9 heteroatoms. The largest absolute Gasteiger partial charge is 0.468 e. The fraction of sp³-hybridized carbons (Fsp3) is 0.259. The second-order valence-corrected chi connectivity index (χ2v) is 8.77. The molecule has 0 aliphatic carbocycles. The Labute approximate surface area is 208 Å². The van der Waals surface area contributed by atoms with Gasteiger partial charge in [-0.3, -0.25) is 9.69 Å². The van der Waals surface area contributed by atoms with Crippen LogP contribution in [0.4, 0.5) is 0 Å². The van der Waals surface area contributed by atoms with Crippen molar-refractivity contribution in [2.75, 3.05) is 13.7 Å². The lowest BCUT2D eigenvalue weighted by Crippen LogP contribution is -2.35. The number of nitrogens with one attached hydrogen (secondary N) is 1. The van der Waals surface area contributed by atoms with E-state index in [0.29, 0.717) is 37.6 Å². The third-order valence-corrected chi connectivity index (χ3v) is 6.17. The molecule has 0 radical (unpaired) electrons. The van der Waals surface area contributed by atoms with Gasteiger partial charge in [-0.25, -0.2) is 4.68 Å². The Bertz CT molecular complexity index is 1480. The Balaban J connectivity index is 1.67. The number of rotatable bonds is 10. The summed E-state index contributed by atoms with van der Waals surface area (Å²) in [6.45, 7) is 3.90. The minimum atomic E-state index is -0.545. The Kier molecular flexibility index (Phi) is 7.01. The lowest BCUT2D eigenvalue weighted by Gasteiger charge is -2.30. The molecular weight excluding hydrogens is 456 g/mol. The molecule has 3 aromatic heterocycles. The fourth-order valence-corrected chi connectivity index (χ4v) is 4.44. The molecule has 2 aromatic carbocycles. The van der Waals surface area contributed by atoms with Gasteiger partial charge in [-0.2, -0.15) is 0 Å². The second-order valence-electron chi connectivity index (χ2n) is 8.77. The minimum absolute atomic E-state index is 0.183. The summed E-state index contributed by atoms with van der Waals surface area (Å²) in [4.78, 5) is 18.8. The smallest absolute Gasteiger partial charge is 0.253 e. The van der Waals surface area contributed by atoms with Gasteiger partial charge in [0.05, 0.1) is 26.0 Å². The Hall–Kier alpha value is -4.08. The number of nitrogens with zero attached hydrogens (tertiary/aromatic N) is 5. The molecule has 0 amide bonds. The highest BCUT2D eigenvalue weighted by molar-refractivity contribution is 5.79. The maximum atomic E-state index is 13.6. The predicted molar refractivity (Wildman–Crippen MR) is 135 cm³/mol. The number of hydrogen-bond acceptors (Lipinski definition) is 7. The van der Waals surface area contributed by atoms with E-state index in [1.165, 1.54) is 0 Å². The normalized spacial score (nSPS) is 12.4. The number of tetrazole rings is 1. The van der Waals surface area contributed by atoms with Gasteiger partial charge < -0.3 is 14.1 Å². The van der Waals surface area contributed by atoms with Crippen molar-refractivity contribution in [1.82, 2.24) is 30.1 Å². The van der Waals surface area contributed by atoms with Crippen molar-refractivity contribution in [3.63, 3.8) is 0 Å². The van der Waals surface area contributed by atoms with Gasteiger partial charge in [0.15, 0.2) is 5.82 Å². The molecule has 9 nitrogen and oxygen atoms in total. The lowest BCUT2D eigenvalue weighted by molar-refractivity contribution is 0.163. The van der Waals surface area contributed by atoms with E-state index in [4.69, 9.17) is 9.15 Å². The number of furan rings is 1. The van der Waals surface area contributed by atoms with E-state index in [9.17, 15) is 4.79 Å². The number of aromatic amines is 1. The van der Waals surface area contributed by atoms with Gasteiger partial charge in [0.25, 0.3) is 5.56 Å². The molecule has 184 valence electrons. The van der Waals surface area contributed by atoms with E-state index in [1.807, 2.05) is 61.5 Å². The van der Waals surface area contributed by atoms with Gasteiger partial charge in [0, 0.05) is 24.7 Å². The molecule has 0 saturated heterocycles. The topological polar surface area (TPSA) is 102 Å². The first-order valence-electron chi connectivity index (χ1n) is 11.8. The molecule has 5 rings (SSSR count). The van der Waals surface area contributed by atoms with Crippen LogP contribution in [-0.4, -0.2) is 43.8 Å². The molecule has 0 fully saturated rings. The van der Waals surface area contributed by atoms with Crippen LogP contribution in [0.15, 0.2) is 82.2 Å². The first kappa shape index (κ1) is 23.7. The van der Waals surface area contributed by atoms with Crippen LogP contribution in [0.1, 0.15) is 34.3 Å². The average Bonchev–Trinajstić information content (AvgIpc) is 3.56. The molecule has 0 saturated carbocycles. The quantitative estimate of drug-likeness (QED) is 0.321. The summed E-state index contributed by atoms with van der Waals surface area (Å²) in [5.74, 6) is 1.34. The van der Waals surface area contributed by atoms with Gasteiger partial charge in [0.2, 0.25) is 0 Å². The highest BCUT2D eigenvalue weighted by atomic mass is 16.5. The molecule has 0 bridgehead atoms. The standard InChI is InChI=1S/C27H28N6O3/c1-19-10-11-21-16-23(27(34)28-24(21)15-19)25(26-29-30-31-33(26)12-14-35-2)32(18-22-9-6-13-36-22)17-20-7-4-3-5-8-20/h3-11,13,15-16,25H,12,14,17-18H2,1-2H3,(H,28,34)/t25-/m1/s1. The zero-order valence-corrected chi connectivity index (χ0v) is 20.3. The van der Waals surface area contributed by atoms with Crippen molar-refractivity contribution in [1.29, 1.82) is 0 Å². The first-order valence-corrected chi connectivity index (χ1v) is 11.8. The van der Waals surface area contributed by atoms with E-state index in [-0.39, 0.29) is 5.56 Å². The zero-order valence-electron chi connectivity index (χ0n) is 20.3. The van der Waals surface area contributed by atoms with Crippen molar-refractivity contribution in [2.24, 2.45) is 0 Å². The van der Waals surface area contributed by atoms with Crippen molar-refractivity contribution in [3.8, 4) is 0 Å². The van der Waals surface area contributed by atoms with Crippen LogP contribution in [-0.2, 0) is 24.4 Å². The third-order valence-electron chi connectivity index (χ3n) is 6.17. The molecule has 0 aliphatic heterocycles. The summed E-state index contributed by atoms with van der Waals surface area (Å²) in [5.41, 5.74) is 3.34. The molecule has 1 N–H and O–H groups in total. The zero-order chi connectivity index (χ0) is 24.9. The molecule has 3 heterocycles. The number of hydrogen-bond donors (Lipinski definition) is 1. The van der Waals surface area contributed by atoms with Crippen LogP contribution in [0, 0.1) is 6.92 Å². The number of methoxy groups -OCH3 is 1. The van der Waals surface area contributed by atoms with Crippen molar-refractivity contribution in [3.05, 3.63) is 112 Å². The van der Waals surface area contributed by atoms with E-state index in [1.54, 1.807) is 18.1 Å². The molecule has 0 spiro atoms. The maximum Gasteiger partial charge on any atom is 0.253 e. The highest BCUT2D eigenvalue weighted by Crippen LogP contribution is 2.30. The summed E-state index contributed by atoms with van der Waals surface area (Å²) in [6.07, 6.45) is 1.65. The number of pyridine rings is 1. The molecule has 5 aromatic rings. The van der Waals surface area contributed by atoms with Crippen LogP contribution in [0.2, 0.25) is 0 Å². The predicted octanol–water partition coefficient (Wildman–Crippen LogP) is 3.85. The molecule has 1 atom stereocenters. The van der Waals surface area contributed by atoms with Crippen LogP contribution in [0.25, 0.3) is 10.9 Å². The van der Waals surface area contributed by atoms with Gasteiger partial charge in [0.1, 0.15) is 11.8 Å². The van der Waals surface area contributed by atoms with Crippen LogP contribution in [0.5, 0.6) is 0 Å². The SMILES string of the molecule is COCCn1nnnc1[C@@H](c1cc2ccc(C)cc2[nH]c1=O)N(Cc1ccccc1)Cc1ccco1. The van der Waals surface area contributed by atoms with Crippen LogP contribution < -0.4 is 5.56 Å². The molecular formula is C27H28N6O3. The lowest BCUT2D eigenvalue weighted by atomic mass is 10.0. The molecule has 0 unspecified atom stereocenters. The van der Waals surface area contributed by atoms with Crippen molar-refractivity contribution < 1.29 is 9.15 Å². The Morgan fingerprint density at radius 3 is 2.72 bits per heavy atom. The summed E-state index contributed by atoms with van der Waals surface area (Å²) >= 11 is 0. The monoisotopic (exact) mass is 484 g/mol. The number of aryl methyl sites for hydroxylation is 1. The third kappa shape index (κ3) is 5.12. The van der Waals surface area contributed by atoms with Gasteiger partial charge in [-0.1, -0.05) is 42.5 Å². The van der Waals surface area contributed by atoms with Gasteiger partial charge in [-0.05, 0) is 58.1 Å². The second kappa shape index (κ2) is 10.7. The van der Waals surface area contributed by atoms with Crippen molar-refractivity contribution >= 4 is 10.9 Å². The highest BCUT2D eigenvalue weighted by Gasteiger charge is 2.31. The van der Waals surface area contributed by atoms with E-state index < -0.39 is 6.04 Å². The number of H-pyrrole nitrogens is 1. The van der Waals surface area contributed by atoms with Gasteiger partial charge in [-0.15, -0.1) is 5.10 Å². The van der Waals surface area contributed by atoms with Crippen molar-refractivity contribution in [2.45, 2.75) is 32.6 Å². The Morgan fingerprint density at radius 2 is 1.94 bits per heavy atom. The minimum Gasteiger partial charge on any atom is -0.468 e. The van der Waals surface area contributed by atoms with E-state index in [0.717, 1.165) is 27.8 Å². The number of fused-ring (bicyclic) bond motifs is 1. The number of aromatic nitrogens is 5. The van der Waals surface area contributed by atoms with E-state index >= 15 is 0 Å². The van der Waals surface area contributed by atoms with Crippen LogP contribution >= 0.6 is 0 Å². The first-order chi connectivity index (χ1) is 17.6. The van der Waals surface area contributed by atoms with E-state index in [2.05, 4.69) is 37.5 Å².